The Morgan fingerprint density at radius 2 is 0.727 bits per heavy atom. The van der Waals surface area contributed by atoms with Gasteiger partial charge in [-0.3, -0.25) is 0 Å². The largest absolute Gasteiger partial charge is 0.0636 e. The molecular weight excluding hydrogens is 528 g/mol. The van der Waals surface area contributed by atoms with Gasteiger partial charge >= 0.3 is 0 Å². The van der Waals surface area contributed by atoms with E-state index in [2.05, 4.69) is 0 Å². The van der Waals surface area contributed by atoms with Gasteiger partial charge in [-0.25, -0.2) is 0 Å². The zero-order valence-corrected chi connectivity index (χ0v) is 23.6. The van der Waals surface area contributed by atoms with Gasteiger partial charge in [-0.05, 0) is 93.3 Å². The zero-order chi connectivity index (χ0) is 35.1. The molecule has 0 aliphatic carbocycles. The van der Waals surface area contributed by atoms with Gasteiger partial charge in [0.1, 0.15) is 0 Å². The summed E-state index contributed by atoms with van der Waals surface area (Å²) in [5.41, 5.74) is 3.19. The summed E-state index contributed by atoms with van der Waals surface area (Å²) in [6.45, 7) is 0. The summed E-state index contributed by atoms with van der Waals surface area (Å²) in [5, 5.41) is 6.56. The Labute approximate surface area is 266 Å². The first-order chi connectivity index (χ1) is 24.8. The van der Waals surface area contributed by atoms with Crippen LogP contribution in [0.3, 0.4) is 0 Å². The average molecular weight is 564 g/mol. The lowest BCUT2D eigenvalue weighted by Gasteiger charge is -2.20. The molecule has 0 radical (unpaired) electrons. The Bertz CT molecular complexity index is 2930. The van der Waals surface area contributed by atoms with Crippen molar-refractivity contribution in [1.29, 1.82) is 0 Å². The van der Waals surface area contributed by atoms with Crippen LogP contribution in [-0.2, 0) is 0 Å². The second kappa shape index (κ2) is 9.93. The van der Waals surface area contributed by atoms with Crippen molar-refractivity contribution in [3.8, 4) is 33.4 Å². The highest BCUT2D eigenvalue weighted by atomic mass is 14.2. The van der Waals surface area contributed by atoms with Gasteiger partial charge in [-0.15, -0.1) is 0 Å². The third-order valence-corrected chi connectivity index (χ3v) is 8.68. The van der Waals surface area contributed by atoms with E-state index in [1.54, 1.807) is 0 Å². The summed E-state index contributed by atoms with van der Waals surface area (Å²) in [7, 11) is 0. The average Bonchev–Trinajstić information content (AvgIpc) is 3.17. The van der Waals surface area contributed by atoms with Gasteiger partial charge in [0.25, 0.3) is 0 Å². The van der Waals surface area contributed by atoms with Crippen LogP contribution in [-0.4, -0.2) is 0 Å². The molecule has 0 amide bonds. The lowest BCUT2D eigenvalue weighted by atomic mass is 9.82. The van der Waals surface area contributed by atoms with Gasteiger partial charge < -0.3 is 0 Å². The first-order valence-corrected chi connectivity index (χ1v) is 14.7. The lowest BCUT2D eigenvalue weighted by molar-refractivity contribution is 1.66. The Morgan fingerprint density at radius 1 is 0.318 bits per heavy atom. The molecule has 44 heavy (non-hydrogen) atoms. The quantitative estimate of drug-likeness (QED) is 0.188. The third-order valence-electron chi connectivity index (χ3n) is 8.68. The Morgan fingerprint density at radius 3 is 1.27 bits per heavy atom. The van der Waals surface area contributed by atoms with Crippen LogP contribution in [0.1, 0.15) is 9.60 Å². The smallest absolute Gasteiger partial charge is 0.0616 e. The number of hydrogen-bond acceptors (Lipinski definition) is 0. The molecule has 0 aromatic heterocycles. The highest BCUT2D eigenvalue weighted by Crippen LogP contribution is 2.47. The van der Waals surface area contributed by atoms with Crippen LogP contribution in [0.5, 0.6) is 0 Å². The zero-order valence-electron chi connectivity index (χ0n) is 30.6. The van der Waals surface area contributed by atoms with Crippen LogP contribution in [0.15, 0.2) is 170 Å². The summed E-state index contributed by atoms with van der Waals surface area (Å²) in [6.07, 6.45) is 0. The fourth-order valence-corrected chi connectivity index (χ4v) is 6.72. The summed E-state index contributed by atoms with van der Waals surface area (Å²) < 4.78 is 66.2. The first kappa shape index (κ1) is 18.7. The molecule has 0 spiro atoms. The van der Waals surface area contributed by atoms with Crippen LogP contribution >= 0.6 is 0 Å². The van der Waals surface area contributed by atoms with E-state index < -0.39 is 0 Å². The van der Waals surface area contributed by atoms with Gasteiger partial charge in [-0.2, -0.15) is 0 Å². The first-order valence-electron chi connectivity index (χ1n) is 18.2. The topological polar surface area (TPSA) is 0 Å². The standard InChI is InChI=1S/C44H28/c1-4-18-33-29(12-1)15-9-23-36(33)32-26-27-41-42(28-32)44(38-25-11-17-31-14-3-6-20-35(31)38)40-22-8-7-21-39(40)43(41)37-24-10-16-30-13-2-5-19-34(30)37/h1-28H/i7D,8D,21D,22D,26D,27D,28D. The van der Waals surface area contributed by atoms with Gasteiger partial charge in [-0.1, -0.05) is 164 Å². The molecule has 0 bridgehead atoms. The van der Waals surface area contributed by atoms with Crippen LogP contribution in [0.2, 0.25) is 0 Å². The van der Waals surface area contributed by atoms with Crippen molar-refractivity contribution in [2.45, 2.75) is 0 Å². The molecule has 0 unspecified atom stereocenters. The Balaban J connectivity index is 1.63. The molecule has 0 atom stereocenters. The molecule has 0 saturated heterocycles. The van der Waals surface area contributed by atoms with Gasteiger partial charge in [0.05, 0.1) is 9.60 Å². The SMILES string of the molecule is [2H]c1c([2H])c([2H])c2c(-c3cccc4ccccc34)c3c([2H])c(-c4cccc5ccccc45)c([2H])c([2H])c3c(-c3cccc4ccccc34)c2c1[2H]. The maximum absolute atomic E-state index is 10.1. The van der Waals surface area contributed by atoms with E-state index in [9.17, 15) is 6.85 Å². The molecule has 0 fully saturated rings. The molecule has 0 nitrogen and oxygen atoms in total. The van der Waals surface area contributed by atoms with Crippen molar-refractivity contribution < 1.29 is 9.60 Å². The van der Waals surface area contributed by atoms with E-state index in [1.165, 1.54) is 0 Å². The fourth-order valence-electron chi connectivity index (χ4n) is 6.72. The van der Waals surface area contributed by atoms with Gasteiger partial charge in [0.2, 0.25) is 0 Å². The molecule has 0 N–H and O–H groups in total. The molecule has 0 aliphatic rings. The minimum absolute atomic E-state index is 0.0288. The Hall–Kier alpha value is -5.72. The molecule has 204 valence electrons. The normalized spacial score (nSPS) is 13.9. The predicted octanol–water partition coefficient (Wildman–Crippen LogP) is 12.5. The molecule has 0 saturated carbocycles. The van der Waals surface area contributed by atoms with E-state index in [1.807, 2.05) is 127 Å². The summed E-state index contributed by atoms with van der Waals surface area (Å²) >= 11 is 0. The van der Waals surface area contributed by atoms with Crippen LogP contribution in [0.4, 0.5) is 0 Å². The summed E-state index contributed by atoms with van der Waals surface area (Å²) in [4.78, 5) is 0. The van der Waals surface area contributed by atoms with Crippen LogP contribution in [0, 0.1) is 0 Å². The van der Waals surface area contributed by atoms with E-state index in [0.29, 0.717) is 44.2 Å². The second-order valence-electron chi connectivity index (χ2n) is 11.1. The lowest BCUT2D eigenvalue weighted by Crippen LogP contribution is -1.93. The summed E-state index contributed by atoms with van der Waals surface area (Å²) in [5.74, 6) is 0. The predicted molar refractivity (Wildman–Crippen MR) is 190 cm³/mol. The van der Waals surface area contributed by atoms with Crippen molar-refractivity contribution in [2.24, 2.45) is 0 Å². The third kappa shape index (κ3) is 3.78. The Kier molecular flexibility index (Phi) is 4.23. The van der Waals surface area contributed by atoms with Crippen molar-refractivity contribution in [1.82, 2.24) is 0 Å². The summed E-state index contributed by atoms with van der Waals surface area (Å²) in [6, 6.07) is 39.4. The van der Waals surface area contributed by atoms with Crippen molar-refractivity contribution in [3.63, 3.8) is 0 Å². The maximum Gasteiger partial charge on any atom is 0.0636 e. The van der Waals surface area contributed by atoms with E-state index >= 15 is 0 Å². The molecule has 9 aromatic carbocycles. The molecule has 9 rings (SSSR count). The van der Waals surface area contributed by atoms with E-state index in [0.717, 1.165) is 32.3 Å². The highest BCUT2D eigenvalue weighted by Gasteiger charge is 2.20. The number of fused-ring (bicyclic) bond motifs is 5. The van der Waals surface area contributed by atoms with Crippen LogP contribution in [0.25, 0.3) is 87.2 Å². The molecule has 0 aliphatic heterocycles. The van der Waals surface area contributed by atoms with Crippen molar-refractivity contribution >= 4 is 53.9 Å². The number of benzene rings is 9. The molecule has 0 heteroatoms. The van der Waals surface area contributed by atoms with Crippen molar-refractivity contribution in [2.75, 3.05) is 0 Å². The maximum atomic E-state index is 10.1. The molecular formula is C44H28. The minimum atomic E-state index is -0.381. The number of rotatable bonds is 3. The molecule has 9 aromatic rings. The van der Waals surface area contributed by atoms with Gasteiger partial charge in [0, 0.05) is 0 Å². The minimum Gasteiger partial charge on any atom is -0.0616 e. The second-order valence-corrected chi connectivity index (χ2v) is 11.1. The number of hydrogen-bond donors (Lipinski definition) is 0. The fraction of sp³-hybridized carbons (Fsp3) is 0. The van der Waals surface area contributed by atoms with Gasteiger partial charge in [0.15, 0.2) is 0 Å². The monoisotopic (exact) mass is 563 g/mol. The molecule has 0 heterocycles. The van der Waals surface area contributed by atoms with E-state index in [4.69, 9.17) is 2.74 Å². The van der Waals surface area contributed by atoms with Crippen LogP contribution < -0.4 is 0 Å². The highest BCUT2D eigenvalue weighted by molar-refractivity contribution is 6.25. The van der Waals surface area contributed by atoms with Crippen molar-refractivity contribution in [3.05, 3.63) is 170 Å². The van der Waals surface area contributed by atoms with E-state index in [-0.39, 0.29) is 53.1 Å².